The molecule has 94 valence electrons. The van der Waals surface area contributed by atoms with Crippen LogP contribution in [0.4, 0.5) is 8.78 Å². The lowest BCUT2D eigenvalue weighted by Crippen LogP contribution is -2.24. The van der Waals surface area contributed by atoms with Crippen molar-refractivity contribution in [3.8, 4) is 0 Å². The van der Waals surface area contributed by atoms with E-state index in [4.69, 9.17) is 4.42 Å². The van der Waals surface area contributed by atoms with Gasteiger partial charge in [-0.1, -0.05) is 0 Å². The molecule has 1 amide bonds. The summed E-state index contributed by atoms with van der Waals surface area (Å²) in [4.78, 5) is 19.0. The van der Waals surface area contributed by atoms with E-state index in [2.05, 4.69) is 31.2 Å². The molecule has 0 aromatic carbocycles. The number of hydrogen-bond donors (Lipinski definition) is 1. The lowest BCUT2D eigenvalue weighted by atomic mass is 10.3. The number of pyridine rings is 1. The second-order valence-corrected chi connectivity index (χ2v) is 3.93. The van der Waals surface area contributed by atoms with Crippen molar-refractivity contribution < 1.29 is 18.0 Å². The molecule has 2 heterocycles. The van der Waals surface area contributed by atoms with Crippen molar-refractivity contribution in [2.75, 3.05) is 0 Å². The highest BCUT2D eigenvalue weighted by molar-refractivity contribution is 9.10. The second-order valence-electron chi connectivity index (χ2n) is 3.25. The van der Waals surface area contributed by atoms with Gasteiger partial charge in [0.2, 0.25) is 0 Å². The predicted molar refractivity (Wildman–Crippen MR) is 59.5 cm³/mol. The Morgan fingerprint density at radius 2 is 2.28 bits per heavy atom. The third-order valence-electron chi connectivity index (χ3n) is 2.01. The van der Waals surface area contributed by atoms with Crippen molar-refractivity contribution in [1.82, 2.24) is 15.3 Å². The fraction of sp³-hybridized carbons (Fsp3) is 0.100. The molecule has 0 saturated carbocycles. The maximum absolute atomic E-state index is 13.2. The van der Waals surface area contributed by atoms with Crippen molar-refractivity contribution in [1.29, 1.82) is 0 Å². The molecule has 2 aromatic heterocycles. The van der Waals surface area contributed by atoms with Crippen LogP contribution in [-0.2, 0) is 6.54 Å². The predicted octanol–water partition coefficient (Wildman–Crippen LogP) is 2.04. The van der Waals surface area contributed by atoms with Gasteiger partial charge in [0.25, 0.3) is 10.7 Å². The molecule has 0 aliphatic rings. The zero-order chi connectivity index (χ0) is 13.1. The molecule has 5 nitrogen and oxygen atoms in total. The van der Waals surface area contributed by atoms with Gasteiger partial charge >= 0.3 is 0 Å². The first kappa shape index (κ1) is 12.6. The van der Waals surface area contributed by atoms with Crippen molar-refractivity contribution in [3.63, 3.8) is 0 Å². The lowest BCUT2D eigenvalue weighted by molar-refractivity contribution is 0.0945. The Bertz CT molecular complexity index is 588. The lowest BCUT2D eigenvalue weighted by Gasteiger charge is -2.03. The number of carbonyl (C=O) groups is 1. The molecular formula is C10H6BrF2N3O2. The molecule has 0 atom stereocenters. The van der Waals surface area contributed by atoms with E-state index < -0.39 is 17.5 Å². The number of nitrogens with one attached hydrogen (secondary N) is 1. The Hall–Kier alpha value is -1.83. The van der Waals surface area contributed by atoms with E-state index in [0.717, 1.165) is 12.5 Å². The topological polar surface area (TPSA) is 68.0 Å². The zero-order valence-corrected chi connectivity index (χ0v) is 10.4. The van der Waals surface area contributed by atoms with Crippen LogP contribution in [0, 0.1) is 11.6 Å². The molecule has 0 saturated heterocycles. The third-order valence-corrected chi connectivity index (χ3v) is 2.37. The minimum Gasteiger partial charge on any atom is -0.439 e. The number of carbonyl (C=O) groups excluding carboxylic acids is 1. The molecule has 2 aromatic rings. The van der Waals surface area contributed by atoms with Crippen LogP contribution < -0.4 is 5.32 Å². The Labute approximate surface area is 108 Å². The fourth-order valence-corrected chi connectivity index (χ4v) is 1.47. The molecular weight excluding hydrogens is 312 g/mol. The first-order valence-corrected chi connectivity index (χ1v) is 5.54. The maximum atomic E-state index is 13.2. The summed E-state index contributed by atoms with van der Waals surface area (Å²) in [7, 11) is 0. The Kier molecular flexibility index (Phi) is 3.66. The van der Waals surface area contributed by atoms with E-state index in [1.807, 2.05) is 0 Å². The monoisotopic (exact) mass is 317 g/mol. The van der Waals surface area contributed by atoms with E-state index in [0.29, 0.717) is 6.07 Å². The molecule has 0 spiro atoms. The largest absolute Gasteiger partial charge is 0.439 e. The van der Waals surface area contributed by atoms with Crippen LogP contribution in [0.25, 0.3) is 0 Å². The standard InChI is InChI=1S/C10H6BrF2N3O2/c11-10-16-8(4-18-10)9(17)15-3-7-6(13)1-5(12)2-14-7/h1-2,4H,3H2,(H,15,17). The molecule has 0 radical (unpaired) electrons. The van der Waals surface area contributed by atoms with Gasteiger partial charge in [0.1, 0.15) is 17.9 Å². The summed E-state index contributed by atoms with van der Waals surface area (Å²) in [5.41, 5.74) is -0.0169. The van der Waals surface area contributed by atoms with Gasteiger partial charge in [-0.05, 0) is 0 Å². The summed E-state index contributed by atoms with van der Waals surface area (Å²) in [6.45, 7) is -0.171. The Morgan fingerprint density at radius 1 is 1.50 bits per heavy atom. The number of aromatic nitrogens is 2. The van der Waals surface area contributed by atoms with Crippen LogP contribution in [0.15, 0.2) is 27.7 Å². The van der Waals surface area contributed by atoms with Gasteiger partial charge in [-0.15, -0.1) is 0 Å². The van der Waals surface area contributed by atoms with Crippen LogP contribution in [0.5, 0.6) is 0 Å². The fourth-order valence-electron chi connectivity index (χ4n) is 1.18. The molecule has 8 heteroatoms. The second kappa shape index (κ2) is 5.21. The van der Waals surface area contributed by atoms with Crippen LogP contribution in [0.2, 0.25) is 0 Å². The van der Waals surface area contributed by atoms with Gasteiger partial charge in [0.15, 0.2) is 5.69 Å². The van der Waals surface area contributed by atoms with Gasteiger partial charge in [-0.25, -0.2) is 8.78 Å². The highest BCUT2D eigenvalue weighted by Crippen LogP contribution is 2.09. The van der Waals surface area contributed by atoms with Gasteiger partial charge in [0, 0.05) is 22.0 Å². The molecule has 0 fully saturated rings. The van der Waals surface area contributed by atoms with E-state index in [1.165, 1.54) is 0 Å². The Balaban J connectivity index is 2.01. The van der Waals surface area contributed by atoms with Crippen LogP contribution >= 0.6 is 15.9 Å². The molecule has 2 rings (SSSR count). The average Bonchev–Trinajstić information content (AvgIpc) is 2.74. The van der Waals surface area contributed by atoms with E-state index in [-0.39, 0.29) is 22.7 Å². The highest BCUT2D eigenvalue weighted by atomic mass is 79.9. The minimum absolute atomic E-state index is 0.0457. The maximum Gasteiger partial charge on any atom is 0.273 e. The van der Waals surface area contributed by atoms with Crippen LogP contribution in [0.1, 0.15) is 16.2 Å². The van der Waals surface area contributed by atoms with E-state index in [9.17, 15) is 13.6 Å². The minimum atomic E-state index is -0.823. The molecule has 0 aliphatic heterocycles. The summed E-state index contributed by atoms with van der Waals surface area (Å²) < 4.78 is 30.6. The summed E-state index contributed by atoms with van der Waals surface area (Å²) in [5.74, 6) is -2.14. The summed E-state index contributed by atoms with van der Waals surface area (Å²) in [6.07, 6.45) is 2.02. The quantitative estimate of drug-likeness (QED) is 0.940. The van der Waals surface area contributed by atoms with E-state index in [1.54, 1.807) is 0 Å². The van der Waals surface area contributed by atoms with Gasteiger partial charge in [-0.2, -0.15) is 4.98 Å². The smallest absolute Gasteiger partial charge is 0.273 e. The molecule has 0 unspecified atom stereocenters. The summed E-state index contributed by atoms with van der Waals surface area (Å²) in [5, 5.41) is 2.38. The number of halogens is 3. The molecule has 18 heavy (non-hydrogen) atoms. The third kappa shape index (κ3) is 2.89. The SMILES string of the molecule is O=C(NCc1ncc(F)cc1F)c1coc(Br)n1. The first-order chi connectivity index (χ1) is 8.56. The highest BCUT2D eigenvalue weighted by Gasteiger charge is 2.12. The van der Waals surface area contributed by atoms with E-state index >= 15 is 0 Å². The van der Waals surface area contributed by atoms with Gasteiger partial charge in [0.05, 0.1) is 18.4 Å². The normalized spacial score (nSPS) is 10.4. The molecule has 0 aliphatic carbocycles. The van der Waals surface area contributed by atoms with Crippen molar-refractivity contribution in [2.24, 2.45) is 0 Å². The first-order valence-electron chi connectivity index (χ1n) is 4.75. The van der Waals surface area contributed by atoms with Gasteiger partial charge < -0.3 is 9.73 Å². The van der Waals surface area contributed by atoms with Gasteiger partial charge in [-0.3, -0.25) is 9.78 Å². The van der Waals surface area contributed by atoms with Crippen molar-refractivity contribution >= 4 is 21.8 Å². The molecule has 0 bridgehead atoms. The zero-order valence-electron chi connectivity index (χ0n) is 8.78. The summed E-state index contributed by atoms with van der Waals surface area (Å²) in [6, 6.07) is 0.696. The number of hydrogen-bond acceptors (Lipinski definition) is 4. The average molecular weight is 318 g/mol. The van der Waals surface area contributed by atoms with Crippen molar-refractivity contribution in [3.05, 3.63) is 46.3 Å². The summed E-state index contributed by atoms with van der Waals surface area (Å²) >= 11 is 2.94. The number of amides is 1. The van der Waals surface area contributed by atoms with Crippen LogP contribution in [0.3, 0.4) is 0 Å². The Morgan fingerprint density at radius 3 is 2.89 bits per heavy atom. The molecule has 1 N–H and O–H groups in total. The number of nitrogens with zero attached hydrogens (tertiary/aromatic N) is 2. The van der Waals surface area contributed by atoms with Crippen LogP contribution in [-0.4, -0.2) is 15.9 Å². The van der Waals surface area contributed by atoms with Crippen molar-refractivity contribution in [2.45, 2.75) is 6.54 Å². The number of oxazole rings is 1. The number of rotatable bonds is 3.